The molecule has 0 aliphatic rings. The van der Waals surface area contributed by atoms with E-state index in [9.17, 15) is 8.42 Å². The number of hydrogen-bond acceptors (Lipinski definition) is 2. The van der Waals surface area contributed by atoms with Crippen molar-refractivity contribution in [2.24, 2.45) is 0 Å². The summed E-state index contributed by atoms with van der Waals surface area (Å²) < 4.78 is 29.1. The maximum Gasteiger partial charge on any atom is 0.268 e. The van der Waals surface area contributed by atoms with Crippen LogP contribution in [0.5, 0.6) is 0 Å². The van der Waals surface area contributed by atoms with E-state index in [0.29, 0.717) is 6.42 Å². The Bertz CT molecular complexity index is 393. The maximum absolute atomic E-state index is 10.3. The summed E-state index contributed by atoms with van der Waals surface area (Å²) in [4.78, 5) is 0. The standard InChI is InChI=1S/C10H12O3S/c11-14(12,13)9-5-4-8-10-6-2-1-3-7-10/h1-7H,8-9H2,(H,11,12,13)/b5-4+. The van der Waals surface area contributed by atoms with Gasteiger partial charge in [0.15, 0.2) is 0 Å². The Labute approximate surface area is 83.8 Å². The van der Waals surface area contributed by atoms with Gasteiger partial charge in [0.1, 0.15) is 0 Å². The van der Waals surface area contributed by atoms with E-state index in [0.717, 1.165) is 5.56 Å². The van der Waals surface area contributed by atoms with Crippen molar-refractivity contribution >= 4 is 10.1 Å². The third kappa shape index (κ3) is 4.79. The monoisotopic (exact) mass is 212 g/mol. The third-order valence-corrected chi connectivity index (χ3v) is 2.28. The van der Waals surface area contributed by atoms with Gasteiger partial charge in [-0.05, 0) is 12.0 Å². The van der Waals surface area contributed by atoms with Crippen LogP contribution in [0, 0.1) is 0 Å². The highest BCUT2D eigenvalue weighted by molar-refractivity contribution is 7.85. The molecule has 0 heterocycles. The maximum atomic E-state index is 10.3. The van der Waals surface area contributed by atoms with Crippen molar-refractivity contribution in [1.82, 2.24) is 0 Å². The van der Waals surface area contributed by atoms with Crippen LogP contribution in [-0.2, 0) is 16.5 Å². The first-order valence-electron chi connectivity index (χ1n) is 4.22. The molecule has 0 fully saturated rings. The molecule has 0 radical (unpaired) electrons. The van der Waals surface area contributed by atoms with Crippen LogP contribution in [0.4, 0.5) is 0 Å². The van der Waals surface area contributed by atoms with Crippen LogP contribution in [-0.4, -0.2) is 18.7 Å². The highest BCUT2D eigenvalue weighted by Gasteiger charge is 1.98. The smallest absolute Gasteiger partial charge is 0.268 e. The lowest BCUT2D eigenvalue weighted by Gasteiger charge is -1.93. The van der Waals surface area contributed by atoms with Crippen molar-refractivity contribution in [3.63, 3.8) is 0 Å². The van der Waals surface area contributed by atoms with Gasteiger partial charge in [0, 0.05) is 0 Å². The van der Waals surface area contributed by atoms with Crippen molar-refractivity contribution in [3.8, 4) is 0 Å². The Morgan fingerprint density at radius 3 is 2.36 bits per heavy atom. The molecule has 1 rings (SSSR count). The zero-order valence-corrected chi connectivity index (χ0v) is 8.44. The van der Waals surface area contributed by atoms with Gasteiger partial charge in [-0.3, -0.25) is 4.55 Å². The lowest BCUT2D eigenvalue weighted by molar-refractivity contribution is 0.486. The van der Waals surface area contributed by atoms with Gasteiger partial charge in [-0.25, -0.2) is 0 Å². The summed E-state index contributed by atoms with van der Waals surface area (Å²) in [5, 5.41) is 0. The van der Waals surface area contributed by atoms with E-state index in [1.807, 2.05) is 30.3 Å². The molecule has 0 aliphatic carbocycles. The first kappa shape index (κ1) is 10.9. The summed E-state index contributed by atoms with van der Waals surface area (Å²) in [5.74, 6) is -0.320. The van der Waals surface area contributed by atoms with Gasteiger partial charge in [0.25, 0.3) is 10.1 Å². The van der Waals surface area contributed by atoms with Crippen LogP contribution < -0.4 is 0 Å². The molecule has 76 valence electrons. The molecule has 0 saturated carbocycles. The molecular weight excluding hydrogens is 200 g/mol. The Balaban J connectivity index is 2.42. The second kappa shape index (κ2) is 4.93. The topological polar surface area (TPSA) is 54.4 Å². The third-order valence-electron chi connectivity index (χ3n) is 1.67. The van der Waals surface area contributed by atoms with Gasteiger partial charge in [-0.2, -0.15) is 8.42 Å². The zero-order valence-electron chi connectivity index (χ0n) is 7.63. The molecule has 0 spiro atoms. The molecule has 0 aromatic heterocycles. The molecule has 1 aromatic rings. The summed E-state index contributed by atoms with van der Waals surface area (Å²) in [7, 11) is -3.87. The Hall–Kier alpha value is -1.13. The van der Waals surface area contributed by atoms with Crippen LogP contribution in [0.3, 0.4) is 0 Å². The van der Waals surface area contributed by atoms with E-state index >= 15 is 0 Å². The molecule has 0 aliphatic heterocycles. The fourth-order valence-corrected chi connectivity index (χ4v) is 1.40. The van der Waals surface area contributed by atoms with Crippen molar-refractivity contribution in [2.75, 3.05) is 5.75 Å². The molecule has 3 nitrogen and oxygen atoms in total. The number of allylic oxidation sites excluding steroid dienone is 1. The van der Waals surface area contributed by atoms with E-state index in [2.05, 4.69) is 0 Å². The fraction of sp³-hybridized carbons (Fsp3) is 0.200. The van der Waals surface area contributed by atoms with Crippen LogP contribution in [0.2, 0.25) is 0 Å². The minimum Gasteiger partial charge on any atom is -0.285 e. The lowest BCUT2D eigenvalue weighted by atomic mass is 10.1. The second-order valence-electron chi connectivity index (χ2n) is 2.91. The normalized spacial score (nSPS) is 12.1. The number of hydrogen-bond donors (Lipinski definition) is 1. The average molecular weight is 212 g/mol. The van der Waals surface area contributed by atoms with E-state index in [-0.39, 0.29) is 5.75 Å². The van der Waals surface area contributed by atoms with Crippen molar-refractivity contribution in [3.05, 3.63) is 48.0 Å². The van der Waals surface area contributed by atoms with Crippen LogP contribution in [0.15, 0.2) is 42.5 Å². The van der Waals surface area contributed by atoms with Gasteiger partial charge in [-0.15, -0.1) is 0 Å². The highest BCUT2D eigenvalue weighted by Crippen LogP contribution is 2.00. The van der Waals surface area contributed by atoms with Gasteiger partial charge in [0.05, 0.1) is 5.75 Å². The molecule has 0 bridgehead atoms. The Morgan fingerprint density at radius 1 is 1.14 bits per heavy atom. The molecule has 0 saturated heterocycles. The fourth-order valence-electron chi connectivity index (χ4n) is 1.02. The predicted molar refractivity (Wildman–Crippen MR) is 55.7 cm³/mol. The first-order valence-corrected chi connectivity index (χ1v) is 5.83. The van der Waals surface area contributed by atoms with Crippen LogP contribution in [0.1, 0.15) is 5.56 Å². The van der Waals surface area contributed by atoms with Crippen LogP contribution in [0.25, 0.3) is 0 Å². The highest BCUT2D eigenvalue weighted by atomic mass is 32.2. The van der Waals surface area contributed by atoms with E-state index in [4.69, 9.17) is 4.55 Å². The van der Waals surface area contributed by atoms with E-state index < -0.39 is 10.1 Å². The largest absolute Gasteiger partial charge is 0.285 e. The van der Waals surface area contributed by atoms with Crippen molar-refractivity contribution in [1.29, 1.82) is 0 Å². The minimum absolute atomic E-state index is 0.320. The summed E-state index contributed by atoms with van der Waals surface area (Å²) in [6.45, 7) is 0. The van der Waals surface area contributed by atoms with Crippen molar-refractivity contribution < 1.29 is 13.0 Å². The molecule has 1 N–H and O–H groups in total. The van der Waals surface area contributed by atoms with Crippen LogP contribution >= 0.6 is 0 Å². The molecule has 0 unspecified atom stereocenters. The minimum atomic E-state index is -3.87. The number of rotatable bonds is 4. The molecular formula is C10H12O3S. The summed E-state index contributed by atoms with van der Waals surface area (Å²) >= 11 is 0. The summed E-state index contributed by atoms with van der Waals surface area (Å²) in [6, 6.07) is 9.68. The molecule has 1 aromatic carbocycles. The summed E-state index contributed by atoms with van der Waals surface area (Å²) in [6.07, 6.45) is 3.85. The van der Waals surface area contributed by atoms with Gasteiger partial charge in [0.2, 0.25) is 0 Å². The molecule has 0 atom stereocenters. The average Bonchev–Trinajstić information content (AvgIpc) is 2.13. The number of benzene rings is 1. The lowest BCUT2D eigenvalue weighted by Crippen LogP contribution is -2.00. The molecule has 0 amide bonds. The molecule has 14 heavy (non-hydrogen) atoms. The SMILES string of the molecule is O=S(=O)(O)C/C=C/Cc1ccccc1. The van der Waals surface area contributed by atoms with Gasteiger partial charge < -0.3 is 0 Å². The van der Waals surface area contributed by atoms with Gasteiger partial charge >= 0.3 is 0 Å². The molecule has 4 heteroatoms. The van der Waals surface area contributed by atoms with Gasteiger partial charge in [-0.1, -0.05) is 42.5 Å². The van der Waals surface area contributed by atoms with Crippen molar-refractivity contribution in [2.45, 2.75) is 6.42 Å². The van der Waals surface area contributed by atoms with E-state index in [1.54, 1.807) is 6.08 Å². The predicted octanol–water partition coefficient (Wildman–Crippen LogP) is 1.67. The second-order valence-corrected chi connectivity index (χ2v) is 4.41. The Kier molecular flexibility index (Phi) is 3.85. The zero-order chi connectivity index (χ0) is 10.4. The first-order chi connectivity index (χ1) is 6.58. The quantitative estimate of drug-likeness (QED) is 0.610. The van der Waals surface area contributed by atoms with E-state index in [1.165, 1.54) is 6.08 Å². The summed E-state index contributed by atoms with van der Waals surface area (Å²) in [5.41, 5.74) is 1.11. The Morgan fingerprint density at radius 2 is 1.79 bits per heavy atom.